The maximum Gasteiger partial charge on any atom is 0.275 e. The second-order valence-electron chi connectivity index (χ2n) is 5.05. The molecule has 0 radical (unpaired) electrons. The molecule has 0 atom stereocenters. The van der Waals surface area contributed by atoms with Crippen molar-refractivity contribution in [3.63, 3.8) is 0 Å². The Bertz CT molecular complexity index is 782. The van der Waals surface area contributed by atoms with E-state index in [4.69, 9.17) is 0 Å². The van der Waals surface area contributed by atoms with Crippen molar-refractivity contribution < 1.29 is 9.90 Å². The molecule has 2 N–H and O–H groups in total. The van der Waals surface area contributed by atoms with Gasteiger partial charge in [0.05, 0.1) is 16.3 Å². The lowest BCUT2D eigenvalue weighted by Gasteiger charge is -2.06. The summed E-state index contributed by atoms with van der Waals surface area (Å²) in [6.07, 6.45) is 1.61. The van der Waals surface area contributed by atoms with Crippen LogP contribution in [0.3, 0.4) is 0 Å². The zero-order valence-corrected chi connectivity index (χ0v) is 16.2. The minimum atomic E-state index is -0.481. The predicted octanol–water partition coefficient (Wildman–Crippen LogP) is 4.12. The Morgan fingerprint density at radius 3 is 2.65 bits per heavy atom. The number of rotatable bonds is 4. The van der Waals surface area contributed by atoms with E-state index in [0.29, 0.717) is 8.95 Å². The number of aromatic nitrogens is 1. The van der Waals surface area contributed by atoms with Crippen LogP contribution in [-0.4, -0.2) is 21.8 Å². The molecule has 0 aliphatic heterocycles. The molecule has 0 spiro atoms. The molecule has 1 amide bonds. The largest absolute Gasteiger partial charge is 0.506 e. The van der Waals surface area contributed by atoms with Gasteiger partial charge < -0.3 is 9.67 Å². The Balaban J connectivity index is 2.17. The number of hydrogen-bond acceptors (Lipinski definition) is 3. The van der Waals surface area contributed by atoms with E-state index in [1.807, 2.05) is 19.9 Å². The number of hydrazone groups is 1. The number of phenolic OH excluding ortho intramolecular Hbond substituents is 1. The molecule has 0 saturated carbocycles. The summed E-state index contributed by atoms with van der Waals surface area (Å²) in [6.45, 7) is 7.01. The van der Waals surface area contributed by atoms with Gasteiger partial charge in [-0.2, -0.15) is 5.10 Å². The molecule has 1 heterocycles. The van der Waals surface area contributed by atoms with Gasteiger partial charge in [-0.3, -0.25) is 4.79 Å². The van der Waals surface area contributed by atoms with E-state index in [-0.39, 0.29) is 11.3 Å². The van der Waals surface area contributed by atoms with Crippen molar-refractivity contribution in [1.82, 2.24) is 9.99 Å². The molecule has 0 unspecified atom stereocenters. The number of halogens is 2. The molecule has 1 aromatic heterocycles. The summed E-state index contributed by atoms with van der Waals surface area (Å²) in [6, 6.07) is 5.21. The molecular formula is C16H17Br2N3O2. The quantitative estimate of drug-likeness (QED) is 0.552. The minimum absolute atomic E-state index is 0.120. The van der Waals surface area contributed by atoms with Crippen LogP contribution in [-0.2, 0) is 6.54 Å². The highest BCUT2D eigenvalue weighted by molar-refractivity contribution is 9.11. The van der Waals surface area contributed by atoms with Gasteiger partial charge >= 0.3 is 0 Å². The monoisotopic (exact) mass is 441 g/mol. The second-order valence-corrected chi connectivity index (χ2v) is 6.82. The zero-order valence-electron chi connectivity index (χ0n) is 13.0. The average Bonchev–Trinajstić information content (AvgIpc) is 2.76. The number of phenols is 1. The maximum absolute atomic E-state index is 12.1. The number of benzene rings is 1. The normalized spacial score (nSPS) is 11.2. The van der Waals surface area contributed by atoms with Crippen molar-refractivity contribution in [2.24, 2.45) is 5.10 Å². The van der Waals surface area contributed by atoms with Gasteiger partial charge in [-0.1, -0.05) is 15.9 Å². The van der Waals surface area contributed by atoms with E-state index in [0.717, 1.165) is 23.5 Å². The van der Waals surface area contributed by atoms with Gasteiger partial charge in [0.2, 0.25) is 0 Å². The number of carbonyl (C=O) groups is 1. The van der Waals surface area contributed by atoms with E-state index in [9.17, 15) is 9.90 Å². The van der Waals surface area contributed by atoms with E-state index in [2.05, 4.69) is 53.9 Å². The van der Waals surface area contributed by atoms with Crippen molar-refractivity contribution in [1.29, 1.82) is 0 Å². The molecule has 0 aliphatic rings. The second kappa shape index (κ2) is 7.31. The molecule has 122 valence electrons. The van der Waals surface area contributed by atoms with Crippen LogP contribution in [0.15, 0.2) is 32.2 Å². The molecule has 0 saturated heterocycles. The number of aryl methyl sites for hydroxylation is 1. The predicted molar refractivity (Wildman–Crippen MR) is 98.1 cm³/mol. The lowest BCUT2D eigenvalue weighted by molar-refractivity contribution is 0.0952. The first-order valence-corrected chi connectivity index (χ1v) is 8.61. The van der Waals surface area contributed by atoms with Gasteiger partial charge in [0.1, 0.15) is 5.75 Å². The number of nitrogens with zero attached hydrogens (tertiary/aromatic N) is 2. The van der Waals surface area contributed by atoms with Crippen LogP contribution < -0.4 is 5.43 Å². The maximum atomic E-state index is 12.1. The van der Waals surface area contributed by atoms with Crippen LogP contribution in [0.1, 0.15) is 34.2 Å². The van der Waals surface area contributed by atoms with Crippen LogP contribution in [0.2, 0.25) is 0 Å². The first kappa shape index (κ1) is 17.7. The third kappa shape index (κ3) is 3.84. The molecule has 1 aromatic carbocycles. The Morgan fingerprint density at radius 2 is 2.04 bits per heavy atom. The Labute approximate surface area is 151 Å². The molecular weight excluding hydrogens is 426 g/mol. The van der Waals surface area contributed by atoms with Crippen LogP contribution in [0.25, 0.3) is 0 Å². The van der Waals surface area contributed by atoms with Crippen molar-refractivity contribution in [2.45, 2.75) is 27.3 Å². The first-order valence-electron chi connectivity index (χ1n) is 7.03. The van der Waals surface area contributed by atoms with Crippen molar-refractivity contribution in [3.05, 3.63) is 49.7 Å². The number of carbonyl (C=O) groups excluding carboxylic acids is 1. The van der Waals surface area contributed by atoms with E-state index >= 15 is 0 Å². The third-order valence-corrected chi connectivity index (χ3v) is 4.63. The highest BCUT2D eigenvalue weighted by Gasteiger charge is 2.14. The summed E-state index contributed by atoms with van der Waals surface area (Å²) in [4.78, 5) is 12.1. The SMILES string of the molecule is CCn1c(C)cc(/C=N\NC(=O)c2cc(Br)cc(Br)c2O)c1C. The number of aromatic hydroxyl groups is 1. The van der Waals surface area contributed by atoms with Gasteiger partial charge in [0, 0.05) is 28.0 Å². The zero-order chi connectivity index (χ0) is 17.1. The molecule has 23 heavy (non-hydrogen) atoms. The Kier molecular flexibility index (Phi) is 5.64. The van der Waals surface area contributed by atoms with Gasteiger partial charge in [-0.05, 0) is 54.9 Å². The number of nitrogens with one attached hydrogen (secondary N) is 1. The van der Waals surface area contributed by atoms with Crippen LogP contribution in [0.4, 0.5) is 0 Å². The van der Waals surface area contributed by atoms with Crippen LogP contribution >= 0.6 is 31.9 Å². The fourth-order valence-corrected chi connectivity index (χ4v) is 3.63. The summed E-state index contributed by atoms with van der Waals surface area (Å²) in [5, 5.41) is 13.9. The third-order valence-electron chi connectivity index (χ3n) is 3.57. The number of amides is 1. The fourth-order valence-electron chi connectivity index (χ4n) is 2.40. The highest BCUT2D eigenvalue weighted by Crippen LogP contribution is 2.31. The summed E-state index contributed by atoms with van der Waals surface area (Å²) in [5.74, 6) is -0.602. The summed E-state index contributed by atoms with van der Waals surface area (Å²) < 4.78 is 3.29. The van der Waals surface area contributed by atoms with Crippen molar-refractivity contribution in [2.75, 3.05) is 0 Å². The lowest BCUT2D eigenvalue weighted by Crippen LogP contribution is -2.18. The van der Waals surface area contributed by atoms with Gasteiger partial charge in [0.15, 0.2) is 0 Å². The summed E-state index contributed by atoms with van der Waals surface area (Å²) in [5.41, 5.74) is 5.76. The molecule has 7 heteroatoms. The first-order chi connectivity index (χ1) is 10.8. The fraction of sp³-hybridized carbons (Fsp3) is 0.250. The molecule has 2 rings (SSSR count). The molecule has 0 bridgehead atoms. The van der Waals surface area contributed by atoms with Crippen molar-refractivity contribution in [3.8, 4) is 5.75 Å². The van der Waals surface area contributed by atoms with Gasteiger partial charge in [-0.15, -0.1) is 0 Å². The minimum Gasteiger partial charge on any atom is -0.506 e. The molecule has 2 aromatic rings. The number of hydrogen-bond donors (Lipinski definition) is 2. The van der Waals surface area contributed by atoms with Crippen molar-refractivity contribution >= 4 is 44.0 Å². The Morgan fingerprint density at radius 1 is 1.35 bits per heavy atom. The molecule has 5 nitrogen and oxygen atoms in total. The molecule has 0 fully saturated rings. The molecule has 0 aliphatic carbocycles. The summed E-state index contributed by atoms with van der Waals surface area (Å²) >= 11 is 6.48. The van der Waals surface area contributed by atoms with E-state index < -0.39 is 5.91 Å². The highest BCUT2D eigenvalue weighted by atomic mass is 79.9. The van der Waals surface area contributed by atoms with E-state index in [1.54, 1.807) is 12.3 Å². The Hall–Kier alpha value is -1.60. The van der Waals surface area contributed by atoms with E-state index in [1.165, 1.54) is 6.07 Å². The smallest absolute Gasteiger partial charge is 0.275 e. The van der Waals surface area contributed by atoms with Crippen LogP contribution in [0, 0.1) is 13.8 Å². The topological polar surface area (TPSA) is 66.6 Å². The lowest BCUT2D eigenvalue weighted by atomic mass is 10.2. The summed E-state index contributed by atoms with van der Waals surface area (Å²) in [7, 11) is 0. The standard InChI is InChI=1S/C16H17Br2N3O2/c1-4-21-9(2)5-11(10(21)3)8-19-20-16(23)13-6-12(17)7-14(18)15(13)22/h5-8,22H,4H2,1-3H3,(H,20,23)/b19-8-. The average molecular weight is 443 g/mol. The van der Waals surface area contributed by atoms with Gasteiger partial charge in [-0.25, -0.2) is 5.43 Å². The van der Waals surface area contributed by atoms with Gasteiger partial charge in [0.25, 0.3) is 5.91 Å². The van der Waals surface area contributed by atoms with Crippen LogP contribution in [0.5, 0.6) is 5.75 Å².